The summed E-state index contributed by atoms with van der Waals surface area (Å²) in [5, 5.41) is 0. The molecule has 0 spiro atoms. The molecule has 3 rings (SSSR count). The number of amides is 1. The van der Waals surface area contributed by atoms with Crippen molar-refractivity contribution in [3.63, 3.8) is 0 Å². The van der Waals surface area contributed by atoms with Crippen LogP contribution in [0.3, 0.4) is 0 Å². The van der Waals surface area contributed by atoms with E-state index in [4.69, 9.17) is 4.74 Å². The zero-order chi connectivity index (χ0) is 20.1. The summed E-state index contributed by atoms with van der Waals surface area (Å²) >= 11 is 0. The number of hydrogen-bond acceptors (Lipinski definition) is 4. The highest BCUT2D eigenvalue weighted by Gasteiger charge is 2.19. The second-order valence-corrected chi connectivity index (χ2v) is 6.52. The molecule has 0 unspecified atom stereocenters. The number of carbonyl (C=O) groups is 2. The van der Waals surface area contributed by atoms with Crippen LogP contribution in [0.5, 0.6) is 0 Å². The first-order valence-corrected chi connectivity index (χ1v) is 8.97. The highest BCUT2D eigenvalue weighted by Crippen LogP contribution is 2.30. The Kier molecular flexibility index (Phi) is 5.84. The molecule has 28 heavy (non-hydrogen) atoms. The molecule has 142 valence electrons. The van der Waals surface area contributed by atoms with Crippen LogP contribution in [0.15, 0.2) is 66.9 Å². The lowest BCUT2D eigenvalue weighted by Crippen LogP contribution is -2.28. The summed E-state index contributed by atoms with van der Waals surface area (Å²) in [4.78, 5) is 30.6. The van der Waals surface area contributed by atoms with E-state index in [2.05, 4.69) is 4.98 Å². The summed E-state index contributed by atoms with van der Waals surface area (Å²) in [7, 11) is 1.36. The Labute approximate surface area is 164 Å². The van der Waals surface area contributed by atoms with Gasteiger partial charge in [0.1, 0.15) is 0 Å². The monoisotopic (exact) mass is 374 g/mol. The molecular weight excluding hydrogens is 352 g/mol. The van der Waals surface area contributed by atoms with Gasteiger partial charge < -0.3 is 9.64 Å². The van der Waals surface area contributed by atoms with Crippen molar-refractivity contribution in [3.05, 3.63) is 83.7 Å². The number of aromatic nitrogens is 1. The second kappa shape index (κ2) is 8.48. The van der Waals surface area contributed by atoms with Crippen LogP contribution >= 0.6 is 0 Å². The van der Waals surface area contributed by atoms with E-state index in [1.54, 1.807) is 23.2 Å². The van der Waals surface area contributed by atoms with E-state index < -0.39 is 5.97 Å². The Bertz CT molecular complexity index is 1000. The molecule has 3 aromatic rings. The van der Waals surface area contributed by atoms with Gasteiger partial charge in [0.05, 0.1) is 24.9 Å². The van der Waals surface area contributed by atoms with Crippen molar-refractivity contribution in [1.82, 2.24) is 4.98 Å². The van der Waals surface area contributed by atoms with E-state index in [0.717, 1.165) is 22.4 Å². The van der Waals surface area contributed by atoms with E-state index in [9.17, 15) is 9.59 Å². The first-order valence-electron chi connectivity index (χ1n) is 8.97. The number of anilines is 1. The molecule has 1 aromatic heterocycles. The number of ether oxygens (including phenoxy) is 1. The number of nitrogens with zero attached hydrogens (tertiary/aromatic N) is 2. The first kappa shape index (κ1) is 19.3. The van der Waals surface area contributed by atoms with Gasteiger partial charge in [-0.05, 0) is 48.4 Å². The second-order valence-electron chi connectivity index (χ2n) is 6.52. The Morgan fingerprint density at radius 2 is 1.86 bits per heavy atom. The highest BCUT2D eigenvalue weighted by molar-refractivity contribution is 6.00. The third-order valence-electron chi connectivity index (χ3n) is 4.48. The van der Waals surface area contributed by atoms with Crippen molar-refractivity contribution < 1.29 is 14.3 Å². The molecule has 0 bridgehead atoms. The normalized spacial score (nSPS) is 10.4. The van der Waals surface area contributed by atoms with Crippen molar-refractivity contribution in [3.8, 4) is 11.1 Å². The maximum absolute atomic E-state index is 12.3. The van der Waals surface area contributed by atoms with Gasteiger partial charge in [0.15, 0.2) is 0 Å². The maximum Gasteiger partial charge on any atom is 0.338 e. The van der Waals surface area contributed by atoms with Gasteiger partial charge >= 0.3 is 5.97 Å². The van der Waals surface area contributed by atoms with Crippen LogP contribution in [-0.4, -0.2) is 24.0 Å². The molecule has 0 saturated heterocycles. The Balaban J connectivity index is 2.09. The molecule has 5 heteroatoms. The number of benzene rings is 2. The van der Waals surface area contributed by atoms with Gasteiger partial charge in [-0.15, -0.1) is 0 Å². The molecule has 0 atom stereocenters. The van der Waals surface area contributed by atoms with Gasteiger partial charge in [-0.1, -0.05) is 35.9 Å². The molecule has 0 fully saturated rings. The van der Waals surface area contributed by atoms with Crippen LogP contribution in [0.4, 0.5) is 5.69 Å². The summed E-state index contributed by atoms with van der Waals surface area (Å²) in [6, 6.07) is 18.8. The summed E-state index contributed by atoms with van der Waals surface area (Å²) in [6.45, 7) is 3.86. The average molecular weight is 374 g/mol. The summed E-state index contributed by atoms with van der Waals surface area (Å²) in [6.07, 6.45) is 1.70. The van der Waals surface area contributed by atoms with E-state index in [1.165, 1.54) is 14.0 Å². The number of hydrogen-bond donors (Lipinski definition) is 0. The fourth-order valence-corrected chi connectivity index (χ4v) is 3.08. The predicted molar refractivity (Wildman–Crippen MR) is 109 cm³/mol. The smallest absolute Gasteiger partial charge is 0.338 e. The zero-order valence-corrected chi connectivity index (χ0v) is 16.2. The average Bonchev–Trinajstić information content (AvgIpc) is 2.71. The highest BCUT2D eigenvalue weighted by atomic mass is 16.5. The van der Waals surface area contributed by atoms with Crippen LogP contribution in [0.25, 0.3) is 11.1 Å². The van der Waals surface area contributed by atoms with Crippen molar-refractivity contribution in [2.45, 2.75) is 20.4 Å². The van der Waals surface area contributed by atoms with Crippen LogP contribution in [0.1, 0.15) is 28.5 Å². The van der Waals surface area contributed by atoms with E-state index in [1.807, 2.05) is 55.5 Å². The Morgan fingerprint density at radius 1 is 1.04 bits per heavy atom. The molecule has 0 N–H and O–H groups in total. The van der Waals surface area contributed by atoms with Crippen LogP contribution < -0.4 is 4.90 Å². The zero-order valence-electron chi connectivity index (χ0n) is 16.2. The molecule has 2 aromatic carbocycles. The fourth-order valence-electron chi connectivity index (χ4n) is 3.08. The predicted octanol–water partition coefficient (Wildman–Crippen LogP) is 4.40. The third-order valence-corrected chi connectivity index (χ3v) is 4.48. The molecule has 0 aliphatic heterocycles. The maximum atomic E-state index is 12.3. The lowest BCUT2D eigenvalue weighted by Gasteiger charge is -2.22. The van der Waals surface area contributed by atoms with E-state index >= 15 is 0 Å². The van der Waals surface area contributed by atoms with Crippen molar-refractivity contribution in [2.75, 3.05) is 12.0 Å². The van der Waals surface area contributed by atoms with Crippen molar-refractivity contribution >= 4 is 17.6 Å². The number of esters is 1. The summed E-state index contributed by atoms with van der Waals surface area (Å²) in [5.41, 5.74) is 4.63. The lowest BCUT2D eigenvalue weighted by molar-refractivity contribution is -0.116. The number of pyridine rings is 1. The SMILES string of the molecule is COC(=O)c1ccc(N(Cc2ccccn2)C(C)=O)cc1-c1cccc(C)c1. The lowest BCUT2D eigenvalue weighted by atomic mass is 9.97. The quantitative estimate of drug-likeness (QED) is 0.621. The molecule has 0 aliphatic carbocycles. The van der Waals surface area contributed by atoms with Gasteiger partial charge in [-0.25, -0.2) is 4.79 Å². The largest absolute Gasteiger partial charge is 0.465 e. The van der Waals surface area contributed by atoms with Gasteiger partial charge in [0, 0.05) is 18.8 Å². The van der Waals surface area contributed by atoms with E-state index in [-0.39, 0.29) is 5.91 Å². The summed E-state index contributed by atoms with van der Waals surface area (Å²) < 4.78 is 4.94. The molecule has 0 saturated carbocycles. The minimum absolute atomic E-state index is 0.105. The summed E-state index contributed by atoms with van der Waals surface area (Å²) in [5.74, 6) is -0.520. The van der Waals surface area contributed by atoms with Crippen molar-refractivity contribution in [2.24, 2.45) is 0 Å². The molecule has 1 heterocycles. The molecule has 5 nitrogen and oxygen atoms in total. The van der Waals surface area contributed by atoms with Crippen LogP contribution in [0, 0.1) is 6.92 Å². The minimum atomic E-state index is -0.415. The molecular formula is C23H22N2O3. The standard InChI is InChI=1S/C23H22N2O3/c1-16-7-6-8-18(13-16)22-14-20(10-11-21(22)23(27)28-3)25(17(2)26)15-19-9-4-5-12-24-19/h4-14H,15H2,1-3H3. The number of carbonyl (C=O) groups excluding carboxylic acids is 2. The van der Waals surface area contributed by atoms with Gasteiger partial charge in [0.2, 0.25) is 5.91 Å². The van der Waals surface area contributed by atoms with Crippen LogP contribution in [-0.2, 0) is 16.1 Å². The molecule has 0 radical (unpaired) electrons. The first-order chi connectivity index (χ1) is 13.5. The Morgan fingerprint density at radius 3 is 2.50 bits per heavy atom. The van der Waals surface area contributed by atoms with Gasteiger partial charge in [-0.3, -0.25) is 9.78 Å². The number of rotatable bonds is 5. The van der Waals surface area contributed by atoms with Crippen molar-refractivity contribution in [1.29, 1.82) is 0 Å². The van der Waals surface area contributed by atoms with Gasteiger partial charge in [0.25, 0.3) is 0 Å². The van der Waals surface area contributed by atoms with Gasteiger partial charge in [-0.2, -0.15) is 0 Å². The fraction of sp³-hybridized carbons (Fsp3) is 0.174. The van der Waals surface area contributed by atoms with Crippen LogP contribution in [0.2, 0.25) is 0 Å². The topological polar surface area (TPSA) is 59.5 Å². The minimum Gasteiger partial charge on any atom is -0.465 e. The number of aryl methyl sites for hydroxylation is 1. The number of methoxy groups -OCH3 is 1. The molecule has 0 aliphatic rings. The third kappa shape index (κ3) is 4.26. The molecule has 1 amide bonds. The van der Waals surface area contributed by atoms with E-state index in [0.29, 0.717) is 17.8 Å². The Hall–Kier alpha value is -3.47.